The predicted molar refractivity (Wildman–Crippen MR) is 104 cm³/mol. The normalized spacial score (nSPS) is 16.0. The summed E-state index contributed by atoms with van der Waals surface area (Å²) >= 11 is 0. The molecule has 2 heterocycles. The van der Waals surface area contributed by atoms with E-state index in [0.29, 0.717) is 25.3 Å². The number of carbonyl (C=O) groups excluding carboxylic acids is 1. The Morgan fingerprint density at radius 2 is 1.93 bits per heavy atom. The van der Waals surface area contributed by atoms with Crippen molar-refractivity contribution in [2.45, 2.75) is 18.9 Å². The highest BCUT2D eigenvalue weighted by atomic mass is 16.6. The molecule has 0 N–H and O–H groups in total. The first-order valence-electron chi connectivity index (χ1n) is 9.20. The van der Waals surface area contributed by atoms with Gasteiger partial charge in [-0.05, 0) is 12.8 Å². The zero-order valence-electron chi connectivity index (χ0n) is 16.9. The molecule has 1 aromatic heterocycles. The lowest BCUT2D eigenvalue weighted by Crippen LogP contribution is -2.44. The Morgan fingerprint density at radius 1 is 1.20 bits per heavy atom. The summed E-state index contributed by atoms with van der Waals surface area (Å²) < 4.78 is 21.2. The number of benzene rings is 1. The maximum Gasteiger partial charge on any atom is 0.319 e. The molecule has 1 atom stereocenters. The topological polar surface area (TPSA) is 126 Å². The van der Waals surface area contributed by atoms with E-state index in [-0.39, 0.29) is 41.4 Å². The van der Waals surface area contributed by atoms with Gasteiger partial charge in [-0.25, -0.2) is 4.98 Å². The maximum absolute atomic E-state index is 13.1. The number of nitrogens with zero attached hydrogens (tertiary/aromatic N) is 4. The summed E-state index contributed by atoms with van der Waals surface area (Å²) in [5, 5.41) is 11.5. The van der Waals surface area contributed by atoms with Crippen molar-refractivity contribution in [2.75, 3.05) is 34.4 Å². The molecular formula is C19H22N4O7. The SMILES string of the molecule is COc1nccc(OC2CCCN(C(=O)c3cc(OC)c(OC)cc3[N+](=O)[O-])C2)n1. The molecule has 160 valence electrons. The van der Waals surface area contributed by atoms with E-state index in [0.717, 1.165) is 0 Å². The molecule has 1 saturated heterocycles. The average molecular weight is 418 g/mol. The molecule has 0 radical (unpaired) electrons. The Hall–Kier alpha value is -3.63. The Balaban J connectivity index is 1.81. The molecule has 3 rings (SSSR count). The van der Waals surface area contributed by atoms with Gasteiger partial charge in [-0.2, -0.15) is 4.98 Å². The van der Waals surface area contributed by atoms with Crippen molar-refractivity contribution in [3.8, 4) is 23.4 Å². The maximum atomic E-state index is 13.1. The second-order valence-corrected chi connectivity index (χ2v) is 6.50. The van der Waals surface area contributed by atoms with E-state index in [1.807, 2.05) is 0 Å². The lowest BCUT2D eigenvalue weighted by molar-refractivity contribution is -0.385. The fourth-order valence-electron chi connectivity index (χ4n) is 3.24. The average Bonchev–Trinajstić information content (AvgIpc) is 2.77. The van der Waals surface area contributed by atoms with Gasteiger partial charge in [-0.15, -0.1) is 0 Å². The van der Waals surface area contributed by atoms with E-state index in [1.54, 1.807) is 6.07 Å². The molecule has 2 aromatic rings. The third-order valence-corrected chi connectivity index (χ3v) is 4.67. The van der Waals surface area contributed by atoms with E-state index in [2.05, 4.69) is 9.97 Å². The highest BCUT2D eigenvalue weighted by Gasteiger charge is 2.31. The first kappa shape index (κ1) is 21.1. The minimum Gasteiger partial charge on any atom is -0.493 e. The van der Waals surface area contributed by atoms with Crippen molar-refractivity contribution in [3.05, 3.63) is 40.1 Å². The van der Waals surface area contributed by atoms with Crippen LogP contribution in [0.5, 0.6) is 23.4 Å². The van der Waals surface area contributed by atoms with Gasteiger partial charge in [0, 0.05) is 24.9 Å². The van der Waals surface area contributed by atoms with Crippen LogP contribution >= 0.6 is 0 Å². The van der Waals surface area contributed by atoms with Crippen LogP contribution in [-0.4, -0.2) is 66.2 Å². The number of piperidine rings is 1. The van der Waals surface area contributed by atoms with Crippen molar-refractivity contribution in [2.24, 2.45) is 0 Å². The Labute approximate surface area is 172 Å². The van der Waals surface area contributed by atoms with Crippen LogP contribution in [0, 0.1) is 10.1 Å². The third-order valence-electron chi connectivity index (χ3n) is 4.67. The number of rotatable bonds is 7. The summed E-state index contributed by atoms with van der Waals surface area (Å²) in [5.41, 5.74) is -0.414. The molecule has 11 heteroatoms. The second-order valence-electron chi connectivity index (χ2n) is 6.50. The third kappa shape index (κ3) is 4.50. The molecule has 1 fully saturated rings. The summed E-state index contributed by atoms with van der Waals surface area (Å²) in [6.45, 7) is 0.716. The van der Waals surface area contributed by atoms with Crippen LogP contribution in [0.2, 0.25) is 0 Å². The van der Waals surface area contributed by atoms with Crippen molar-refractivity contribution in [1.82, 2.24) is 14.9 Å². The van der Waals surface area contributed by atoms with Crippen molar-refractivity contribution in [1.29, 1.82) is 0 Å². The number of aromatic nitrogens is 2. The summed E-state index contributed by atoms with van der Waals surface area (Å²) in [6, 6.07) is 4.30. The lowest BCUT2D eigenvalue weighted by Gasteiger charge is -2.32. The molecule has 0 aliphatic carbocycles. The van der Waals surface area contributed by atoms with Gasteiger partial charge >= 0.3 is 6.01 Å². The van der Waals surface area contributed by atoms with Crippen LogP contribution in [0.3, 0.4) is 0 Å². The minimum atomic E-state index is -0.611. The molecule has 1 amide bonds. The van der Waals surface area contributed by atoms with Crippen LogP contribution in [0.4, 0.5) is 5.69 Å². The summed E-state index contributed by atoms with van der Waals surface area (Å²) in [6.07, 6.45) is 2.59. The number of ether oxygens (including phenoxy) is 4. The van der Waals surface area contributed by atoms with Crippen LogP contribution in [-0.2, 0) is 0 Å². The van der Waals surface area contributed by atoms with Gasteiger partial charge in [0.2, 0.25) is 5.88 Å². The number of amides is 1. The predicted octanol–water partition coefficient (Wildman–Crippen LogP) is 2.09. The summed E-state index contributed by atoms with van der Waals surface area (Å²) in [4.78, 5) is 33.6. The molecule has 11 nitrogen and oxygen atoms in total. The highest BCUT2D eigenvalue weighted by Crippen LogP contribution is 2.35. The van der Waals surface area contributed by atoms with Gasteiger partial charge in [0.15, 0.2) is 11.5 Å². The molecule has 1 unspecified atom stereocenters. The fraction of sp³-hybridized carbons (Fsp3) is 0.421. The molecule has 1 aliphatic heterocycles. The van der Waals surface area contributed by atoms with Gasteiger partial charge in [0.25, 0.3) is 11.6 Å². The zero-order valence-corrected chi connectivity index (χ0v) is 16.9. The van der Waals surface area contributed by atoms with Crippen molar-refractivity contribution in [3.63, 3.8) is 0 Å². The number of nitro groups is 1. The standard InChI is InChI=1S/C19H22N4O7/c1-27-15-9-13(14(23(25)26)10-16(15)28-2)18(24)22-8-4-5-12(11-22)30-17-6-7-20-19(21-17)29-3/h6-7,9-10,12H,4-5,8,11H2,1-3H3. The number of hydrogen-bond acceptors (Lipinski definition) is 9. The highest BCUT2D eigenvalue weighted by molar-refractivity contribution is 5.99. The Morgan fingerprint density at radius 3 is 2.60 bits per heavy atom. The monoisotopic (exact) mass is 418 g/mol. The van der Waals surface area contributed by atoms with Crippen LogP contribution in [0.15, 0.2) is 24.4 Å². The number of likely N-dealkylation sites (tertiary alicyclic amines) is 1. The van der Waals surface area contributed by atoms with Crippen LogP contribution < -0.4 is 18.9 Å². The van der Waals surface area contributed by atoms with E-state index in [9.17, 15) is 14.9 Å². The quantitative estimate of drug-likeness (QED) is 0.490. The van der Waals surface area contributed by atoms with Gasteiger partial charge in [0.05, 0.1) is 38.9 Å². The summed E-state index contributed by atoms with van der Waals surface area (Å²) in [7, 11) is 4.23. The van der Waals surface area contributed by atoms with E-state index in [4.69, 9.17) is 18.9 Å². The Kier molecular flexibility index (Phi) is 6.50. The first-order valence-corrected chi connectivity index (χ1v) is 9.20. The second kappa shape index (κ2) is 9.25. The minimum absolute atomic E-state index is 0.0676. The van der Waals surface area contributed by atoms with Crippen LogP contribution in [0.1, 0.15) is 23.2 Å². The molecule has 1 aliphatic rings. The smallest absolute Gasteiger partial charge is 0.319 e. The molecule has 0 spiro atoms. The number of methoxy groups -OCH3 is 3. The van der Waals surface area contributed by atoms with E-state index >= 15 is 0 Å². The van der Waals surface area contributed by atoms with E-state index in [1.165, 1.54) is 44.6 Å². The molecule has 1 aromatic carbocycles. The number of nitro benzene ring substituents is 1. The van der Waals surface area contributed by atoms with Crippen molar-refractivity contribution >= 4 is 11.6 Å². The Bertz CT molecular complexity index is 937. The summed E-state index contributed by atoms with van der Waals surface area (Å²) in [5.74, 6) is 0.275. The fourth-order valence-corrected chi connectivity index (χ4v) is 3.24. The molecule has 0 saturated carbocycles. The van der Waals surface area contributed by atoms with Gasteiger partial charge < -0.3 is 23.8 Å². The largest absolute Gasteiger partial charge is 0.493 e. The molecule has 0 bridgehead atoms. The van der Waals surface area contributed by atoms with E-state index < -0.39 is 10.8 Å². The molecule has 30 heavy (non-hydrogen) atoms. The van der Waals surface area contributed by atoms with Gasteiger partial charge in [-0.1, -0.05) is 0 Å². The first-order chi connectivity index (χ1) is 14.5. The van der Waals surface area contributed by atoms with Crippen molar-refractivity contribution < 1.29 is 28.7 Å². The number of carbonyl (C=O) groups is 1. The van der Waals surface area contributed by atoms with Gasteiger partial charge in [0.1, 0.15) is 11.7 Å². The molecular weight excluding hydrogens is 396 g/mol. The lowest BCUT2D eigenvalue weighted by atomic mass is 10.0. The number of hydrogen-bond donors (Lipinski definition) is 0. The van der Waals surface area contributed by atoms with Gasteiger partial charge in [-0.3, -0.25) is 14.9 Å². The zero-order chi connectivity index (χ0) is 21.7. The van der Waals surface area contributed by atoms with Crippen LogP contribution in [0.25, 0.3) is 0 Å².